The van der Waals surface area contributed by atoms with E-state index in [4.69, 9.17) is 5.10 Å². The molecule has 3 heterocycles. The predicted octanol–water partition coefficient (Wildman–Crippen LogP) is 3.46. The summed E-state index contributed by atoms with van der Waals surface area (Å²) in [7, 11) is 0. The van der Waals surface area contributed by atoms with E-state index < -0.39 is 0 Å². The number of aromatic nitrogens is 3. The normalized spacial score (nSPS) is 17.5. The van der Waals surface area contributed by atoms with E-state index in [9.17, 15) is 4.79 Å². The van der Waals surface area contributed by atoms with Gasteiger partial charge in [-0.15, -0.1) is 11.3 Å². The van der Waals surface area contributed by atoms with Gasteiger partial charge in [-0.25, -0.2) is 9.67 Å². The van der Waals surface area contributed by atoms with E-state index in [0.29, 0.717) is 12.1 Å². The number of nitrogens with zero attached hydrogens (tertiary/aromatic N) is 4. The molecule has 0 aliphatic carbocycles. The summed E-state index contributed by atoms with van der Waals surface area (Å²) in [5.41, 5.74) is 5.55. The third kappa shape index (κ3) is 4.15. The van der Waals surface area contributed by atoms with Crippen LogP contribution in [0.1, 0.15) is 47.4 Å². The van der Waals surface area contributed by atoms with Crippen LogP contribution >= 0.6 is 11.3 Å². The molecule has 2 aromatic heterocycles. The maximum absolute atomic E-state index is 12.7. The molecule has 1 saturated heterocycles. The zero-order valence-electron chi connectivity index (χ0n) is 16.0. The van der Waals surface area contributed by atoms with E-state index in [1.54, 1.807) is 11.3 Å². The van der Waals surface area contributed by atoms with Gasteiger partial charge in [0.1, 0.15) is 0 Å². The third-order valence-corrected chi connectivity index (χ3v) is 5.74. The zero-order chi connectivity index (χ0) is 19.3. The Bertz CT molecular complexity index is 906. The molecule has 4 rings (SSSR count). The van der Waals surface area contributed by atoms with Gasteiger partial charge in [0.2, 0.25) is 0 Å². The predicted molar refractivity (Wildman–Crippen MR) is 111 cm³/mol. The Morgan fingerprint density at radius 3 is 2.93 bits per heavy atom. The summed E-state index contributed by atoms with van der Waals surface area (Å²) >= 11 is 1.63. The lowest BCUT2D eigenvalue weighted by Gasteiger charge is -2.31. The monoisotopic (exact) mass is 395 g/mol. The highest BCUT2D eigenvalue weighted by molar-refractivity contribution is 7.07. The first-order valence-electron chi connectivity index (χ1n) is 9.77. The summed E-state index contributed by atoms with van der Waals surface area (Å²) in [4.78, 5) is 19.5. The standard InChI is InChI=1S/C21H25N5OS/c1-2-22-21(27)19-13-26(18-8-4-3-5-9-18)24-20(19)16-7-6-10-25(11-16)12-17-14-28-15-23-17/h3-5,8-9,13-16H,2,6-7,10-12H2,1H3,(H,22,27). The van der Waals surface area contributed by atoms with Crippen molar-refractivity contribution in [1.82, 2.24) is 25.0 Å². The quantitative estimate of drug-likeness (QED) is 0.694. The van der Waals surface area contributed by atoms with Crippen LogP contribution in [0.15, 0.2) is 47.4 Å². The van der Waals surface area contributed by atoms with Crippen molar-refractivity contribution < 1.29 is 4.79 Å². The van der Waals surface area contributed by atoms with Crippen LogP contribution in [0.4, 0.5) is 0 Å². The van der Waals surface area contributed by atoms with Gasteiger partial charge in [0, 0.05) is 37.1 Å². The van der Waals surface area contributed by atoms with Crippen molar-refractivity contribution in [3.8, 4) is 5.69 Å². The maximum atomic E-state index is 12.7. The summed E-state index contributed by atoms with van der Waals surface area (Å²) in [5, 5.41) is 9.90. The molecule has 1 aromatic carbocycles. The molecule has 0 saturated carbocycles. The molecule has 1 aliphatic heterocycles. The molecule has 1 unspecified atom stereocenters. The van der Waals surface area contributed by atoms with E-state index in [1.165, 1.54) is 0 Å². The number of likely N-dealkylation sites (tertiary alicyclic amines) is 1. The van der Waals surface area contributed by atoms with Crippen LogP contribution in [0.3, 0.4) is 0 Å². The number of carbonyl (C=O) groups excluding carboxylic acids is 1. The molecule has 6 nitrogen and oxygen atoms in total. The number of para-hydroxylation sites is 1. The van der Waals surface area contributed by atoms with Gasteiger partial charge in [0.15, 0.2) is 0 Å². The number of carbonyl (C=O) groups is 1. The number of thiazole rings is 1. The first-order valence-corrected chi connectivity index (χ1v) is 10.7. The molecular formula is C21H25N5OS. The van der Waals surface area contributed by atoms with Gasteiger partial charge in [0.05, 0.1) is 28.1 Å². The van der Waals surface area contributed by atoms with Gasteiger partial charge >= 0.3 is 0 Å². The number of hydrogen-bond donors (Lipinski definition) is 1. The van der Waals surface area contributed by atoms with E-state index in [-0.39, 0.29) is 11.8 Å². The highest BCUT2D eigenvalue weighted by Crippen LogP contribution is 2.30. The topological polar surface area (TPSA) is 63.1 Å². The van der Waals surface area contributed by atoms with Gasteiger partial charge in [-0.1, -0.05) is 18.2 Å². The molecule has 1 fully saturated rings. The van der Waals surface area contributed by atoms with Crippen molar-refractivity contribution in [2.75, 3.05) is 19.6 Å². The molecule has 0 radical (unpaired) electrons. The number of hydrogen-bond acceptors (Lipinski definition) is 5. The molecule has 1 amide bonds. The van der Waals surface area contributed by atoms with Gasteiger partial charge < -0.3 is 5.32 Å². The number of rotatable bonds is 6. The van der Waals surface area contributed by atoms with Gasteiger partial charge in [-0.05, 0) is 38.4 Å². The Kier molecular flexibility index (Phi) is 5.83. The minimum absolute atomic E-state index is 0.0451. The fraction of sp³-hybridized carbons (Fsp3) is 0.381. The molecule has 0 bridgehead atoms. The minimum atomic E-state index is -0.0451. The number of nitrogens with one attached hydrogen (secondary N) is 1. The van der Waals surface area contributed by atoms with Gasteiger partial charge in [-0.3, -0.25) is 9.69 Å². The molecule has 3 aromatic rings. The molecule has 1 atom stereocenters. The molecule has 7 heteroatoms. The number of piperidine rings is 1. The van der Waals surface area contributed by atoms with E-state index in [1.807, 2.05) is 53.6 Å². The third-order valence-electron chi connectivity index (χ3n) is 5.11. The summed E-state index contributed by atoms with van der Waals surface area (Å²) in [6.45, 7) is 5.36. The van der Waals surface area contributed by atoms with Gasteiger partial charge in [0.25, 0.3) is 5.91 Å². The zero-order valence-corrected chi connectivity index (χ0v) is 16.9. The van der Waals surface area contributed by atoms with Crippen molar-refractivity contribution in [3.05, 3.63) is 64.4 Å². The number of benzene rings is 1. The Labute approximate surface area is 169 Å². The Balaban J connectivity index is 1.61. The second-order valence-electron chi connectivity index (χ2n) is 7.12. The fourth-order valence-electron chi connectivity index (χ4n) is 3.80. The van der Waals surface area contributed by atoms with Crippen molar-refractivity contribution >= 4 is 17.2 Å². The smallest absolute Gasteiger partial charge is 0.254 e. The summed E-state index contributed by atoms with van der Waals surface area (Å²) in [5.74, 6) is 0.200. The summed E-state index contributed by atoms with van der Waals surface area (Å²) in [6, 6.07) is 9.97. The van der Waals surface area contributed by atoms with E-state index in [0.717, 1.165) is 49.6 Å². The summed E-state index contributed by atoms with van der Waals surface area (Å²) < 4.78 is 1.83. The highest BCUT2D eigenvalue weighted by Gasteiger charge is 2.28. The Morgan fingerprint density at radius 1 is 1.32 bits per heavy atom. The SMILES string of the molecule is CCNC(=O)c1cn(-c2ccccc2)nc1C1CCCN(Cc2cscn2)C1. The van der Waals surface area contributed by atoms with E-state index in [2.05, 4.69) is 20.6 Å². The Morgan fingerprint density at radius 2 is 2.18 bits per heavy atom. The molecular weight excluding hydrogens is 370 g/mol. The lowest BCUT2D eigenvalue weighted by atomic mass is 9.92. The van der Waals surface area contributed by atoms with Crippen LogP contribution in [-0.2, 0) is 6.54 Å². The second kappa shape index (κ2) is 8.67. The molecule has 0 spiro atoms. The van der Waals surface area contributed by atoms with Crippen molar-refractivity contribution in [1.29, 1.82) is 0 Å². The lowest BCUT2D eigenvalue weighted by Crippen LogP contribution is -2.35. The molecule has 1 N–H and O–H groups in total. The van der Waals surface area contributed by atoms with Crippen molar-refractivity contribution in [3.63, 3.8) is 0 Å². The molecule has 1 aliphatic rings. The van der Waals surface area contributed by atoms with Crippen molar-refractivity contribution in [2.45, 2.75) is 32.2 Å². The van der Waals surface area contributed by atoms with E-state index >= 15 is 0 Å². The van der Waals surface area contributed by atoms with Crippen molar-refractivity contribution in [2.24, 2.45) is 0 Å². The van der Waals surface area contributed by atoms with Crippen LogP contribution in [0.2, 0.25) is 0 Å². The van der Waals surface area contributed by atoms with Crippen LogP contribution in [0.5, 0.6) is 0 Å². The second-order valence-corrected chi connectivity index (χ2v) is 7.84. The molecule has 28 heavy (non-hydrogen) atoms. The average Bonchev–Trinajstić information content (AvgIpc) is 3.39. The van der Waals surface area contributed by atoms with Crippen LogP contribution in [0, 0.1) is 0 Å². The van der Waals surface area contributed by atoms with Crippen LogP contribution in [-0.4, -0.2) is 45.2 Å². The lowest BCUT2D eigenvalue weighted by molar-refractivity contribution is 0.0953. The fourth-order valence-corrected chi connectivity index (χ4v) is 4.35. The minimum Gasteiger partial charge on any atom is -0.352 e. The maximum Gasteiger partial charge on any atom is 0.254 e. The van der Waals surface area contributed by atoms with Gasteiger partial charge in [-0.2, -0.15) is 5.10 Å². The van der Waals surface area contributed by atoms with Crippen LogP contribution < -0.4 is 5.32 Å². The highest BCUT2D eigenvalue weighted by atomic mass is 32.1. The number of amides is 1. The van der Waals surface area contributed by atoms with Crippen LogP contribution in [0.25, 0.3) is 5.69 Å². The largest absolute Gasteiger partial charge is 0.352 e. The average molecular weight is 396 g/mol. The summed E-state index contributed by atoms with van der Waals surface area (Å²) in [6.07, 6.45) is 4.02. The molecule has 146 valence electrons. The first kappa shape index (κ1) is 18.8. The Hall–Kier alpha value is -2.51. The first-order chi connectivity index (χ1) is 13.7.